The highest BCUT2D eigenvalue weighted by Gasteiger charge is 2.11. The van der Waals surface area contributed by atoms with E-state index < -0.39 is 0 Å². The first-order valence-corrected chi connectivity index (χ1v) is 6.70. The van der Waals surface area contributed by atoms with Crippen LogP contribution in [0.2, 0.25) is 0 Å². The first kappa shape index (κ1) is 11.9. The van der Waals surface area contributed by atoms with Gasteiger partial charge in [0, 0.05) is 20.1 Å². The van der Waals surface area contributed by atoms with Crippen molar-refractivity contribution in [2.75, 3.05) is 0 Å². The van der Waals surface area contributed by atoms with Crippen molar-refractivity contribution in [3.05, 3.63) is 56.5 Å². The van der Waals surface area contributed by atoms with E-state index in [2.05, 4.69) is 82.1 Å². The van der Waals surface area contributed by atoms with Gasteiger partial charge in [-0.25, -0.2) is 0 Å². The zero-order valence-electron chi connectivity index (χ0n) is 9.22. The van der Waals surface area contributed by atoms with Crippen molar-refractivity contribution >= 4 is 31.9 Å². The Morgan fingerprint density at radius 2 is 1.06 bits per heavy atom. The van der Waals surface area contributed by atoms with Crippen molar-refractivity contribution in [3.63, 3.8) is 0 Å². The lowest BCUT2D eigenvalue weighted by Gasteiger charge is -2.13. The van der Waals surface area contributed by atoms with Gasteiger partial charge in [0.25, 0.3) is 0 Å². The highest BCUT2D eigenvalue weighted by molar-refractivity contribution is 9.11. The maximum Gasteiger partial charge on any atom is 0.0256 e. The summed E-state index contributed by atoms with van der Waals surface area (Å²) in [6.07, 6.45) is 0. The second kappa shape index (κ2) is 4.72. The van der Waals surface area contributed by atoms with E-state index in [4.69, 9.17) is 0 Å². The van der Waals surface area contributed by atoms with Crippen molar-refractivity contribution in [1.29, 1.82) is 0 Å². The van der Waals surface area contributed by atoms with E-state index in [-0.39, 0.29) is 0 Å². The number of aryl methyl sites for hydroxylation is 2. The third-order valence-corrected chi connectivity index (χ3v) is 4.02. The first-order valence-electron chi connectivity index (χ1n) is 5.12. The van der Waals surface area contributed by atoms with Crippen molar-refractivity contribution in [2.45, 2.75) is 13.8 Å². The first-order chi connectivity index (χ1) is 7.61. The largest absolute Gasteiger partial charge is 0.0608 e. The highest BCUT2D eigenvalue weighted by Crippen LogP contribution is 2.37. The van der Waals surface area contributed by atoms with Crippen LogP contribution in [0.25, 0.3) is 11.1 Å². The molecule has 0 unspecified atom stereocenters. The number of benzene rings is 2. The lowest BCUT2D eigenvalue weighted by Crippen LogP contribution is -1.89. The molecular weight excluding hydrogens is 328 g/mol. The van der Waals surface area contributed by atoms with E-state index in [1.54, 1.807) is 0 Å². The lowest BCUT2D eigenvalue weighted by atomic mass is 9.97. The summed E-state index contributed by atoms with van der Waals surface area (Å²) >= 11 is 7.26. The van der Waals surface area contributed by atoms with E-state index in [9.17, 15) is 0 Å². The Balaban J connectivity index is 2.77. The van der Waals surface area contributed by atoms with Gasteiger partial charge in [-0.05, 0) is 37.1 Å². The van der Waals surface area contributed by atoms with Gasteiger partial charge in [-0.15, -0.1) is 0 Å². The average Bonchev–Trinajstić information content (AvgIpc) is 2.21. The number of hydrogen-bond acceptors (Lipinski definition) is 0. The van der Waals surface area contributed by atoms with Gasteiger partial charge in [-0.2, -0.15) is 0 Å². The van der Waals surface area contributed by atoms with Crippen molar-refractivity contribution in [1.82, 2.24) is 0 Å². The molecule has 0 N–H and O–H groups in total. The van der Waals surface area contributed by atoms with Gasteiger partial charge in [-0.3, -0.25) is 0 Å². The molecule has 0 amide bonds. The molecule has 0 aliphatic heterocycles. The molecule has 2 aromatic carbocycles. The summed E-state index contributed by atoms with van der Waals surface area (Å²) in [5.74, 6) is 0. The molecule has 2 aromatic rings. The van der Waals surface area contributed by atoms with Crippen molar-refractivity contribution in [2.24, 2.45) is 0 Å². The van der Waals surface area contributed by atoms with Gasteiger partial charge >= 0.3 is 0 Å². The van der Waals surface area contributed by atoms with Crippen LogP contribution in [-0.4, -0.2) is 0 Å². The van der Waals surface area contributed by atoms with Crippen LogP contribution in [0.1, 0.15) is 11.1 Å². The topological polar surface area (TPSA) is 0 Å². The molecule has 0 aliphatic rings. The van der Waals surface area contributed by atoms with Crippen LogP contribution in [0.5, 0.6) is 0 Å². The fourth-order valence-corrected chi connectivity index (χ4v) is 3.22. The van der Waals surface area contributed by atoms with Gasteiger partial charge in [0.15, 0.2) is 0 Å². The third-order valence-electron chi connectivity index (χ3n) is 2.69. The number of rotatable bonds is 1. The highest BCUT2D eigenvalue weighted by atomic mass is 79.9. The van der Waals surface area contributed by atoms with Gasteiger partial charge < -0.3 is 0 Å². The molecule has 0 aliphatic carbocycles. The second-order valence-electron chi connectivity index (χ2n) is 3.86. The summed E-state index contributed by atoms with van der Waals surface area (Å²) in [5.41, 5.74) is 5.11. The van der Waals surface area contributed by atoms with Gasteiger partial charge in [0.2, 0.25) is 0 Å². The summed E-state index contributed by atoms with van der Waals surface area (Å²) in [6, 6.07) is 12.6. The van der Waals surface area contributed by atoms with E-state index >= 15 is 0 Å². The van der Waals surface area contributed by atoms with Gasteiger partial charge in [-0.1, -0.05) is 56.1 Å². The molecule has 2 heteroatoms. The minimum absolute atomic E-state index is 1.14. The molecule has 0 saturated heterocycles. The molecule has 0 spiro atoms. The summed E-state index contributed by atoms with van der Waals surface area (Å²) in [7, 11) is 0. The SMILES string of the molecule is Cc1cccc(Br)c1-c1c(C)cccc1Br. The van der Waals surface area contributed by atoms with E-state index in [0.29, 0.717) is 0 Å². The Bertz CT molecular complexity index is 440. The molecule has 0 bridgehead atoms. The molecule has 82 valence electrons. The molecule has 0 nitrogen and oxygen atoms in total. The third kappa shape index (κ3) is 2.09. The van der Waals surface area contributed by atoms with Crippen LogP contribution in [0.15, 0.2) is 45.3 Å². The van der Waals surface area contributed by atoms with E-state index in [1.807, 2.05) is 0 Å². The zero-order valence-corrected chi connectivity index (χ0v) is 12.4. The summed E-state index contributed by atoms with van der Waals surface area (Å²) in [4.78, 5) is 0. The normalized spacial score (nSPS) is 10.5. The second-order valence-corrected chi connectivity index (χ2v) is 5.57. The molecule has 0 aromatic heterocycles. The Morgan fingerprint density at radius 3 is 1.38 bits per heavy atom. The average molecular weight is 340 g/mol. The molecule has 0 fully saturated rings. The minimum atomic E-state index is 1.14. The van der Waals surface area contributed by atoms with Gasteiger partial charge in [0.1, 0.15) is 0 Å². The monoisotopic (exact) mass is 338 g/mol. The quantitative estimate of drug-likeness (QED) is 0.644. The van der Waals surface area contributed by atoms with Crippen molar-refractivity contribution in [3.8, 4) is 11.1 Å². The van der Waals surface area contributed by atoms with Crippen molar-refractivity contribution < 1.29 is 0 Å². The molecule has 16 heavy (non-hydrogen) atoms. The van der Waals surface area contributed by atoms with Crippen LogP contribution in [0.3, 0.4) is 0 Å². The maximum atomic E-state index is 3.63. The van der Waals surface area contributed by atoms with Gasteiger partial charge in [0.05, 0.1) is 0 Å². The summed E-state index contributed by atoms with van der Waals surface area (Å²) in [5, 5.41) is 0. The number of hydrogen-bond donors (Lipinski definition) is 0. The molecule has 0 heterocycles. The van der Waals surface area contributed by atoms with Crippen LogP contribution in [0.4, 0.5) is 0 Å². The molecular formula is C14H12Br2. The lowest BCUT2D eigenvalue weighted by molar-refractivity contribution is 1.38. The predicted molar refractivity (Wildman–Crippen MR) is 76.8 cm³/mol. The maximum absolute atomic E-state index is 3.63. The fraction of sp³-hybridized carbons (Fsp3) is 0.143. The predicted octanol–water partition coefficient (Wildman–Crippen LogP) is 5.50. The standard InChI is InChI=1S/C14H12Br2/c1-9-5-3-7-11(15)13(9)14-10(2)6-4-8-12(14)16/h3-8H,1-2H3. The summed E-state index contributed by atoms with van der Waals surface area (Å²) in [6.45, 7) is 4.28. The number of halogens is 2. The van der Waals surface area contributed by atoms with E-state index in [1.165, 1.54) is 22.3 Å². The minimum Gasteiger partial charge on any atom is -0.0608 e. The Hall–Kier alpha value is -0.600. The Labute approximate surface area is 113 Å². The Morgan fingerprint density at radius 1 is 0.688 bits per heavy atom. The van der Waals surface area contributed by atoms with Crippen LogP contribution >= 0.6 is 31.9 Å². The van der Waals surface area contributed by atoms with Crippen LogP contribution in [0, 0.1) is 13.8 Å². The molecule has 2 rings (SSSR count). The van der Waals surface area contributed by atoms with E-state index in [0.717, 1.165) is 8.95 Å². The fourth-order valence-electron chi connectivity index (χ4n) is 1.90. The van der Waals surface area contributed by atoms with Crippen LogP contribution < -0.4 is 0 Å². The molecule has 0 atom stereocenters. The van der Waals surface area contributed by atoms with Crippen LogP contribution in [-0.2, 0) is 0 Å². The smallest absolute Gasteiger partial charge is 0.0256 e. The molecule has 0 radical (unpaired) electrons. The molecule has 0 saturated carbocycles. The zero-order chi connectivity index (χ0) is 11.7. The summed E-state index contributed by atoms with van der Waals surface area (Å²) < 4.78 is 2.28. The Kier molecular flexibility index (Phi) is 3.50.